The van der Waals surface area contributed by atoms with Gasteiger partial charge in [-0.25, -0.2) is 0 Å². The fraction of sp³-hybridized carbons (Fsp3) is 0.364. The molecule has 1 heterocycles. The van der Waals surface area contributed by atoms with Crippen LogP contribution in [0, 0.1) is 0 Å². The summed E-state index contributed by atoms with van der Waals surface area (Å²) in [5.74, 6) is -0.0887. The molecule has 1 aliphatic rings. The molecule has 6 nitrogen and oxygen atoms in total. The highest BCUT2D eigenvalue weighted by atomic mass is 16.5. The third-order valence-corrected chi connectivity index (χ3v) is 4.63. The molecule has 0 aliphatic carbocycles. The molecule has 6 heteroatoms. The predicted molar refractivity (Wildman–Crippen MR) is 106 cm³/mol. The molecule has 2 atom stereocenters. The highest BCUT2D eigenvalue weighted by Crippen LogP contribution is 2.20. The number of hydrogen-bond acceptors (Lipinski definition) is 4. The van der Waals surface area contributed by atoms with Crippen molar-refractivity contribution in [2.24, 2.45) is 0 Å². The van der Waals surface area contributed by atoms with Crippen LogP contribution in [0.3, 0.4) is 0 Å². The average Bonchev–Trinajstić information content (AvgIpc) is 3.25. The Hall–Kier alpha value is -2.86. The van der Waals surface area contributed by atoms with Gasteiger partial charge in [0.1, 0.15) is 5.75 Å². The lowest BCUT2D eigenvalue weighted by molar-refractivity contribution is -0.127. The van der Waals surface area contributed by atoms with Gasteiger partial charge < -0.3 is 20.1 Å². The smallest absolute Gasteiger partial charge is 0.260 e. The highest BCUT2D eigenvalue weighted by Gasteiger charge is 2.21. The third kappa shape index (κ3) is 5.57. The second-order valence-corrected chi connectivity index (χ2v) is 6.80. The second kappa shape index (κ2) is 9.90. The van der Waals surface area contributed by atoms with Crippen molar-refractivity contribution in [1.29, 1.82) is 0 Å². The highest BCUT2D eigenvalue weighted by molar-refractivity contribution is 5.97. The zero-order valence-electron chi connectivity index (χ0n) is 16.0. The van der Waals surface area contributed by atoms with Crippen LogP contribution in [0.2, 0.25) is 0 Å². The number of carbonyl (C=O) groups is 2. The molecule has 2 aromatic carbocycles. The van der Waals surface area contributed by atoms with Crippen molar-refractivity contribution in [3.8, 4) is 5.75 Å². The molecule has 0 aromatic heterocycles. The van der Waals surface area contributed by atoms with E-state index in [1.54, 1.807) is 31.2 Å². The van der Waals surface area contributed by atoms with Gasteiger partial charge in [0.05, 0.1) is 11.7 Å². The van der Waals surface area contributed by atoms with E-state index in [4.69, 9.17) is 9.47 Å². The van der Waals surface area contributed by atoms with Crippen LogP contribution < -0.4 is 15.4 Å². The Morgan fingerprint density at radius 1 is 1.11 bits per heavy atom. The van der Waals surface area contributed by atoms with Gasteiger partial charge >= 0.3 is 0 Å². The summed E-state index contributed by atoms with van der Waals surface area (Å²) in [5.41, 5.74) is 1.41. The number of benzene rings is 2. The number of nitrogens with one attached hydrogen (secondary N) is 2. The van der Waals surface area contributed by atoms with Crippen LogP contribution in [0.5, 0.6) is 5.75 Å². The minimum atomic E-state index is -0.718. The van der Waals surface area contributed by atoms with E-state index < -0.39 is 6.10 Å². The van der Waals surface area contributed by atoms with Crippen LogP contribution in [0.4, 0.5) is 0 Å². The topological polar surface area (TPSA) is 76.7 Å². The van der Waals surface area contributed by atoms with E-state index in [1.807, 2.05) is 30.3 Å². The number of carbonyl (C=O) groups excluding carboxylic acids is 2. The summed E-state index contributed by atoms with van der Waals surface area (Å²) in [6, 6.07) is 16.6. The van der Waals surface area contributed by atoms with Crippen molar-refractivity contribution in [3.63, 3.8) is 0 Å². The number of ether oxygens (including phenoxy) is 2. The van der Waals surface area contributed by atoms with Crippen LogP contribution in [0.1, 0.15) is 35.7 Å². The van der Waals surface area contributed by atoms with Crippen molar-refractivity contribution >= 4 is 11.8 Å². The molecule has 0 spiro atoms. The molecule has 148 valence electrons. The fourth-order valence-corrected chi connectivity index (χ4v) is 3.04. The van der Waals surface area contributed by atoms with Crippen LogP contribution in [0.15, 0.2) is 54.6 Å². The van der Waals surface area contributed by atoms with Crippen LogP contribution in [-0.2, 0) is 16.1 Å². The van der Waals surface area contributed by atoms with E-state index in [-0.39, 0.29) is 17.9 Å². The number of para-hydroxylation sites is 1. The normalized spacial score (nSPS) is 17.0. The maximum Gasteiger partial charge on any atom is 0.260 e. The van der Waals surface area contributed by atoms with Crippen LogP contribution >= 0.6 is 0 Å². The first-order chi connectivity index (χ1) is 13.6. The Balaban J connectivity index is 1.56. The molecule has 0 bridgehead atoms. The Bertz CT molecular complexity index is 788. The summed E-state index contributed by atoms with van der Waals surface area (Å²) in [5, 5.41) is 5.73. The van der Waals surface area contributed by atoms with Crippen molar-refractivity contribution in [1.82, 2.24) is 10.6 Å². The zero-order valence-corrected chi connectivity index (χ0v) is 16.0. The zero-order chi connectivity index (χ0) is 19.8. The van der Waals surface area contributed by atoms with Gasteiger partial charge in [-0.1, -0.05) is 42.5 Å². The Labute approximate surface area is 165 Å². The first-order valence-corrected chi connectivity index (χ1v) is 9.60. The van der Waals surface area contributed by atoms with Crippen molar-refractivity contribution < 1.29 is 19.1 Å². The first-order valence-electron chi connectivity index (χ1n) is 9.60. The lowest BCUT2D eigenvalue weighted by atomic mass is 10.1. The largest absolute Gasteiger partial charge is 0.480 e. The maximum absolute atomic E-state index is 12.6. The number of hydrogen-bond donors (Lipinski definition) is 2. The van der Waals surface area contributed by atoms with E-state index in [9.17, 15) is 9.59 Å². The van der Waals surface area contributed by atoms with E-state index in [0.717, 1.165) is 25.0 Å². The van der Waals surface area contributed by atoms with Crippen LogP contribution in [0.25, 0.3) is 0 Å². The minimum absolute atomic E-state index is 0.0761. The summed E-state index contributed by atoms with van der Waals surface area (Å²) in [7, 11) is 0. The quantitative estimate of drug-likeness (QED) is 0.736. The van der Waals surface area contributed by atoms with Gasteiger partial charge in [0.25, 0.3) is 11.8 Å². The monoisotopic (exact) mass is 382 g/mol. The molecule has 0 unspecified atom stereocenters. The van der Waals surface area contributed by atoms with E-state index in [2.05, 4.69) is 10.6 Å². The lowest BCUT2D eigenvalue weighted by Gasteiger charge is -2.18. The molecule has 0 radical (unpaired) electrons. The van der Waals surface area contributed by atoms with Crippen molar-refractivity contribution in [2.75, 3.05) is 13.2 Å². The number of amides is 2. The van der Waals surface area contributed by atoms with E-state index in [1.165, 1.54) is 0 Å². The molecule has 3 rings (SSSR count). The van der Waals surface area contributed by atoms with Gasteiger partial charge in [-0.3, -0.25) is 9.59 Å². The standard InChI is InChI=1S/C22H26N2O4/c1-16(21(25)24-15-18-10-7-13-27-18)28-20-12-6-5-11-19(20)22(26)23-14-17-8-3-2-4-9-17/h2-6,8-9,11-12,16,18H,7,10,13-15H2,1H3,(H,23,26)(H,24,25)/t16-,18-/m1/s1. The Kier molecular flexibility index (Phi) is 7.03. The summed E-state index contributed by atoms with van der Waals surface area (Å²) in [6.07, 6.45) is 1.34. The number of rotatable bonds is 8. The molecule has 2 N–H and O–H groups in total. The van der Waals surface area contributed by atoms with Crippen molar-refractivity contribution in [3.05, 3.63) is 65.7 Å². The average molecular weight is 382 g/mol. The Morgan fingerprint density at radius 3 is 2.61 bits per heavy atom. The van der Waals surface area contributed by atoms with E-state index in [0.29, 0.717) is 24.4 Å². The molecule has 28 heavy (non-hydrogen) atoms. The van der Waals surface area contributed by atoms with Crippen molar-refractivity contribution in [2.45, 2.75) is 38.5 Å². The molecule has 0 saturated carbocycles. The minimum Gasteiger partial charge on any atom is -0.480 e. The van der Waals surface area contributed by atoms with Gasteiger partial charge in [-0.05, 0) is 37.5 Å². The summed E-state index contributed by atoms with van der Waals surface area (Å²) in [6.45, 7) is 3.32. The Morgan fingerprint density at radius 2 is 1.86 bits per heavy atom. The van der Waals surface area contributed by atoms with Gasteiger partial charge in [0.2, 0.25) is 0 Å². The second-order valence-electron chi connectivity index (χ2n) is 6.80. The molecule has 1 aliphatic heterocycles. The maximum atomic E-state index is 12.6. The first kappa shape index (κ1) is 19.9. The molecular formula is C22H26N2O4. The molecule has 2 aromatic rings. The molecule has 2 amide bonds. The summed E-state index contributed by atoms with van der Waals surface area (Å²) in [4.78, 5) is 24.9. The van der Waals surface area contributed by atoms with E-state index >= 15 is 0 Å². The molecule has 1 saturated heterocycles. The van der Waals surface area contributed by atoms with Gasteiger partial charge in [0.15, 0.2) is 6.10 Å². The fourth-order valence-electron chi connectivity index (χ4n) is 3.04. The summed E-state index contributed by atoms with van der Waals surface area (Å²) >= 11 is 0. The third-order valence-electron chi connectivity index (χ3n) is 4.63. The van der Waals surface area contributed by atoms with Crippen LogP contribution in [-0.4, -0.2) is 37.2 Å². The lowest BCUT2D eigenvalue weighted by Crippen LogP contribution is -2.40. The SMILES string of the molecule is C[C@@H](Oc1ccccc1C(=O)NCc1ccccc1)C(=O)NC[C@H]1CCCO1. The molecule has 1 fully saturated rings. The molecular weight excluding hydrogens is 356 g/mol. The van der Waals surface area contributed by atoms with Gasteiger partial charge in [-0.2, -0.15) is 0 Å². The van der Waals surface area contributed by atoms with Gasteiger partial charge in [0, 0.05) is 19.7 Å². The summed E-state index contributed by atoms with van der Waals surface area (Å²) < 4.78 is 11.3. The predicted octanol–water partition coefficient (Wildman–Crippen LogP) is 2.68. The van der Waals surface area contributed by atoms with Gasteiger partial charge in [-0.15, -0.1) is 0 Å².